The Morgan fingerprint density at radius 1 is 1.24 bits per heavy atom. The van der Waals surface area contributed by atoms with E-state index in [4.69, 9.17) is 0 Å². The number of imide groups is 1. The summed E-state index contributed by atoms with van der Waals surface area (Å²) in [5.41, 5.74) is 0.106. The molecular weight excluding hydrogens is 284 g/mol. The summed E-state index contributed by atoms with van der Waals surface area (Å²) in [6, 6.07) is -0.138. The maximum Gasteiger partial charge on any atom is 0.326 e. The van der Waals surface area contributed by atoms with Gasteiger partial charge in [-0.1, -0.05) is 35.2 Å². The monoisotopic (exact) mass is 302 g/mol. The lowest BCUT2D eigenvalue weighted by Gasteiger charge is -2.37. The van der Waals surface area contributed by atoms with E-state index in [1.54, 1.807) is 7.05 Å². The highest BCUT2D eigenvalue weighted by atomic mass is 79.9. The molecule has 0 aromatic rings. The fraction of sp³-hybridized carbons (Fsp3) is 0.833. The van der Waals surface area contributed by atoms with Crippen molar-refractivity contribution in [1.29, 1.82) is 0 Å². The average Bonchev–Trinajstić information content (AvgIpc) is 2.57. The van der Waals surface area contributed by atoms with Crippen molar-refractivity contribution < 1.29 is 9.59 Å². The number of hydrogen-bond donors (Lipinski definition) is 0. The summed E-state index contributed by atoms with van der Waals surface area (Å²) in [5.74, 6) is -0.0524. The van der Waals surface area contributed by atoms with Crippen molar-refractivity contribution >= 4 is 27.9 Å². The highest BCUT2D eigenvalue weighted by molar-refractivity contribution is 9.09. The molecule has 0 N–H and O–H groups in total. The Balaban J connectivity index is 2.08. The SMILES string of the molecule is CN1CC(=O)N(CC2(CBr)CCCCC2)C1=O. The molecule has 0 aromatic carbocycles. The van der Waals surface area contributed by atoms with Gasteiger partial charge in [0.25, 0.3) is 0 Å². The highest BCUT2D eigenvalue weighted by Gasteiger charge is 2.40. The minimum atomic E-state index is -0.138. The van der Waals surface area contributed by atoms with E-state index >= 15 is 0 Å². The van der Waals surface area contributed by atoms with Gasteiger partial charge >= 0.3 is 6.03 Å². The molecular formula is C12H19BrN2O2. The van der Waals surface area contributed by atoms with Crippen molar-refractivity contribution in [3.05, 3.63) is 0 Å². The van der Waals surface area contributed by atoms with E-state index in [1.807, 2.05) is 0 Å². The van der Waals surface area contributed by atoms with Gasteiger partial charge in [-0.2, -0.15) is 0 Å². The molecule has 0 bridgehead atoms. The van der Waals surface area contributed by atoms with Gasteiger partial charge in [-0.3, -0.25) is 9.69 Å². The molecule has 5 heteroatoms. The third-order valence-electron chi connectivity index (χ3n) is 3.92. The van der Waals surface area contributed by atoms with Gasteiger partial charge in [0.1, 0.15) is 6.54 Å². The van der Waals surface area contributed by atoms with Crippen LogP contribution in [0, 0.1) is 5.41 Å². The Bertz CT molecular complexity index is 326. The molecule has 0 aromatic heterocycles. The first-order valence-electron chi connectivity index (χ1n) is 6.19. The lowest BCUT2D eigenvalue weighted by Crippen LogP contribution is -2.43. The second-order valence-electron chi connectivity index (χ2n) is 5.31. The fourth-order valence-corrected chi connectivity index (χ4v) is 3.53. The Kier molecular flexibility index (Phi) is 3.76. The average molecular weight is 303 g/mol. The molecule has 0 radical (unpaired) electrons. The Hall–Kier alpha value is -0.580. The molecule has 2 rings (SSSR count). The lowest BCUT2D eigenvalue weighted by molar-refractivity contribution is -0.126. The third kappa shape index (κ3) is 2.49. The van der Waals surface area contributed by atoms with E-state index in [0.29, 0.717) is 6.54 Å². The van der Waals surface area contributed by atoms with Crippen LogP contribution in [-0.2, 0) is 4.79 Å². The van der Waals surface area contributed by atoms with Crippen LogP contribution in [-0.4, -0.2) is 47.2 Å². The number of amides is 3. The van der Waals surface area contributed by atoms with Crippen LogP contribution in [0.15, 0.2) is 0 Å². The molecule has 1 saturated heterocycles. The van der Waals surface area contributed by atoms with Crippen LogP contribution in [0.1, 0.15) is 32.1 Å². The second-order valence-corrected chi connectivity index (χ2v) is 5.87. The van der Waals surface area contributed by atoms with Crippen LogP contribution in [0.2, 0.25) is 0 Å². The van der Waals surface area contributed by atoms with Gasteiger partial charge < -0.3 is 4.90 Å². The first-order valence-corrected chi connectivity index (χ1v) is 7.32. The van der Waals surface area contributed by atoms with E-state index in [2.05, 4.69) is 15.9 Å². The van der Waals surface area contributed by atoms with E-state index in [0.717, 1.165) is 18.2 Å². The van der Waals surface area contributed by atoms with Crippen molar-refractivity contribution in [2.45, 2.75) is 32.1 Å². The molecule has 2 aliphatic rings. The van der Waals surface area contributed by atoms with Crippen LogP contribution in [0.3, 0.4) is 0 Å². The van der Waals surface area contributed by atoms with E-state index in [-0.39, 0.29) is 23.9 Å². The summed E-state index contributed by atoms with van der Waals surface area (Å²) in [7, 11) is 1.68. The van der Waals surface area contributed by atoms with Crippen molar-refractivity contribution in [2.75, 3.05) is 25.5 Å². The van der Waals surface area contributed by atoms with Gasteiger partial charge in [0.2, 0.25) is 5.91 Å². The summed E-state index contributed by atoms with van der Waals surface area (Å²) in [4.78, 5) is 26.6. The van der Waals surface area contributed by atoms with Gasteiger partial charge in [-0.05, 0) is 18.3 Å². The number of alkyl halides is 1. The molecule has 1 saturated carbocycles. The number of likely N-dealkylation sites (N-methyl/N-ethyl adjacent to an activating group) is 1. The maximum atomic E-state index is 11.9. The summed E-state index contributed by atoms with van der Waals surface area (Å²) in [6.45, 7) is 0.817. The zero-order valence-corrected chi connectivity index (χ0v) is 11.8. The largest absolute Gasteiger partial charge is 0.326 e. The van der Waals surface area contributed by atoms with Crippen molar-refractivity contribution in [3.63, 3.8) is 0 Å². The van der Waals surface area contributed by atoms with Crippen LogP contribution >= 0.6 is 15.9 Å². The number of carbonyl (C=O) groups is 2. The van der Waals surface area contributed by atoms with Gasteiger partial charge in [-0.25, -0.2) is 4.79 Å². The van der Waals surface area contributed by atoms with Gasteiger partial charge in [0.05, 0.1) is 0 Å². The minimum absolute atomic E-state index is 0.0524. The number of nitrogens with zero attached hydrogens (tertiary/aromatic N) is 2. The number of urea groups is 1. The van der Waals surface area contributed by atoms with Crippen molar-refractivity contribution in [1.82, 2.24) is 9.80 Å². The molecule has 3 amide bonds. The zero-order valence-electron chi connectivity index (χ0n) is 10.2. The maximum absolute atomic E-state index is 11.9. The number of rotatable bonds is 3. The van der Waals surface area contributed by atoms with Gasteiger partial charge in [0, 0.05) is 18.9 Å². The number of halogens is 1. The van der Waals surface area contributed by atoms with E-state index < -0.39 is 0 Å². The highest BCUT2D eigenvalue weighted by Crippen LogP contribution is 2.39. The molecule has 1 heterocycles. The zero-order chi connectivity index (χ0) is 12.5. The first kappa shape index (κ1) is 12.9. The first-order chi connectivity index (χ1) is 8.08. The Labute approximate surface area is 110 Å². The van der Waals surface area contributed by atoms with Crippen LogP contribution < -0.4 is 0 Å². The predicted molar refractivity (Wildman–Crippen MR) is 69.1 cm³/mol. The minimum Gasteiger partial charge on any atom is -0.318 e. The lowest BCUT2D eigenvalue weighted by atomic mass is 9.75. The molecule has 4 nitrogen and oxygen atoms in total. The van der Waals surface area contributed by atoms with E-state index in [1.165, 1.54) is 29.1 Å². The molecule has 96 valence electrons. The third-order valence-corrected chi connectivity index (χ3v) is 5.11. The van der Waals surface area contributed by atoms with Crippen LogP contribution in [0.4, 0.5) is 4.79 Å². The molecule has 0 unspecified atom stereocenters. The Morgan fingerprint density at radius 3 is 2.35 bits per heavy atom. The van der Waals surface area contributed by atoms with Gasteiger partial charge in [-0.15, -0.1) is 0 Å². The van der Waals surface area contributed by atoms with Gasteiger partial charge in [0.15, 0.2) is 0 Å². The molecule has 17 heavy (non-hydrogen) atoms. The summed E-state index contributed by atoms with van der Waals surface area (Å²) in [5, 5.41) is 0.876. The number of carbonyl (C=O) groups excluding carboxylic acids is 2. The summed E-state index contributed by atoms with van der Waals surface area (Å²) in [6.07, 6.45) is 5.91. The molecule has 0 spiro atoms. The smallest absolute Gasteiger partial charge is 0.318 e. The number of hydrogen-bond acceptors (Lipinski definition) is 2. The fourth-order valence-electron chi connectivity index (χ4n) is 2.80. The Morgan fingerprint density at radius 2 is 1.88 bits per heavy atom. The second kappa shape index (κ2) is 4.96. The standard InChI is InChI=1S/C12H19BrN2O2/c1-14-7-10(16)15(11(14)17)9-12(8-13)5-3-2-4-6-12/h2-9H2,1H3. The van der Waals surface area contributed by atoms with Crippen LogP contribution in [0.5, 0.6) is 0 Å². The predicted octanol–water partition coefficient (Wildman–Crippen LogP) is 2.23. The molecule has 1 aliphatic carbocycles. The molecule has 0 atom stereocenters. The quantitative estimate of drug-likeness (QED) is 0.592. The molecule has 2 fully saturated rings. The topological polar surface area (TPSA) is 40.6 Å². The van der Waals surface area contributed by atoms with Crippen molar-refractivity contribution in [2.24, 2.45) is 5.41 Å². The van der Waals surface area contributed by atoms with E-state index in [9.17, 15) is 9.59 Å². The normalized spacial score (nSPS) is 24.6. The van der Waals surface area contributed by atoms with Crippen LogP contribution in [0.25, 0.3) is 0 Å². The van der Waals surface area contributed by atoms with Crippen molar-refractivity contribution in [3.8, 4) is 0 Å². The molecule has 1 aliphatic heterocycles. The summed E-state index contributed by atoms with van der Waals surface area (Å²) >= 11 is 3.57. The summed E-state index contributed by atoms with van der Waals surface area (Å²) < 4.78 is 0.